The zero-order valence-electron chi connectivity index (χ0n) is 20.9. The molecule has 0 aromatic heterocycles. The molecular formula is C26H30Cl2N2O6. The van der Waals surface area contributed by atoms with Gasteiger partial charge in [0.25, 0.3) is 11.7 Å². The van der Waals surface area contributed by atoms with Gasteiger partial charge in [-0.3, -0.25) is 9.59 Å². The van der Waals surface area contributed by atoms with Gasteiger partial charge in [-0.2, -0.15) is 0 Å². The molecule has 2 aromatic carbocycles. The third-order valence-electron chi connectivity index (χ3n) is 5.77. The van der Waals surface area contributed by atoms with Crippen LogP contribution < -0.4 is 14.2 Å². The Morgan fingerprint density at radius 2 is 1.81 bits per heavy atom. The van der Waals surface area contributed by atoms with E-state index in [1.807, 2.05) is 25.9 Å². The molecule has 0 bridgehead atoms. The summed E-state index contributed by atoms with van der Waals surface area (Å²) in [6.07, 6.45) is 0.824. The predicted octanol–water partition coefficient (Wildman–Crippen LogP) is 4.78. The van der Waals surface area contributed by atoms with Crippen LogP contribution >= 0.6 is 23.2 Å². The van der Waals surface area contributed by atoms with Crippen LogP contribution in [0.1, 0.15) is 30.5 Å². The highest BCUT2D eigenvalue weighted by molar-refractivity contribution is 6.47. The molecule has 2 aromatic rings. The van der Waals surface area contributed by atoms with Gasteiger partial charge in [-0.05, 0) is 44.3 Å². The van der Waals surface area contributed by atoms with Gasteiger partial charge in [-0.1, -0.05) is 42.3 Å². The Balaban J connectivity index is 2.25. The van der Waals surface area contributed by atoms with Crippen molar-refractivity contribution < 1.29 is 28.9 Å². The lowest BCUT2D eigenvalue weighted by molar-refractivity contribution is -0.140. The molecule has 1 atom stereocenters. The molecule has 1 aliphatic rings. The maximum absolute atomic E-state index is 13.3. The summed E-state index contributed by atoms with van der Waals surface area (Å²) >= 11 is 12.8. The monoisotopic (exact) mass is 536 g/mol. The highest BCUT2D eigenvalue weighted by Gasteiger charge is 2.46. The van der Waals surface area contributed by atoms with E-state index in [-0.39, 0.29) is 39.2 Å². The average molecular weight is 537 g/mol. The van der Waals surface area contributed by atoms with Crippen LogP contribution in [0.25, 0.3) is 5.76 Å². The molecule has 1 saturated heterocycles. The second-order valence-corrected chi connectivity index (χ2v) is 9.29. The number of halogens is 2. The maximum atomic E-state index is 13.3. The lowest BCUT2D eigenvalue weighted by Gasteiger charge is -2.27. The number of nitrogens with zero attached hydrogens (tertiary/aromatic N) is 2. The van der Waals surface area contributed by atoms with Crippen LogP contribution in [0.3, 0.4) is 0 Å². The third-order valence-corrected chi connectivity index (χ3v) is 6.39. The van der Waals surface area contributed by atoms with Crippen molar-refractivity contribution >= 4 is 40.7 Å². The number of hydrogen-bond donors (Lipinski definition) is 1. The van der Waals surface area contributed by atoms with Crippen LogP contribution in [0.5, 0.6) is 17.2 Å². The summed E-state index contributed by atoms with van der Waals surface area (Å²) < 4.78 is 16.4. The van der Waals surface area contributed by atoms with E-state index in [4.69, 9.17) is 37.4 Å². The number of aliphatic hydroxyl groups excluding tert-OH is 1. The fourth-order valence-corrected chi connectivity index (χ4v) is 4.74. The Morgan fingerprint density at radius 1 is 1.11 bits per heavy atom. The fourth-order valence-electron chi connectivity index (χ4n) is 4.05. The van der Waals surface area contributed by atoms with Crippen molar-refractivity contribution in [3.63, 3.8) is 0 Å². The number of amides is 1. The molecule has 194 valence electrons. The van der Waals surface area contributed by atoms with E-state index in [2.05, 4.69) is 0 Å². The standard InChI is InChI=1S/C26H30Cl2N2O6/c1-6-12-36-16-9-7-8-15(13-16)21-19(23(32)26(33)30(21)11-10-29(2)3)22(31)17-14-18(27)25(35-5)20(28)24(17)34-4/h7-9,13-14,21,31H,6,10-12H2,1-5H3/b22-19+. The Morgan fingerprint density at radius 3 is 2.42 bits per heavy atom. The van der Waals surface area contributed by atoms with Gasteiger partial charge in [-0.25, -0.2) is 0 Å². The van der Waals surface area contributed by atoms with Gasteiger partial charge >= 0.3 is 0 Å². The van der Waals surface area contributed by atoms with Crippen molar-refractivity contribution in [2.45, 2.75) is 19.4 Å². The molecule has 0 radical (unpaired) electrons. The first-order valence-corrected chi connectivity index (χ1v) is 12.2. The quantitative estimate of drug-likeness (QED) is 0.265. The third kappa shape index (κ3) is 5.40. The van der Waals surface area contributed by atoms with Gasteiger partial charge in [0.05, 0.1) is 43.0 Å². The van der Waals surface area contributed by atoms with Crippen molar-refractivity contribution in [2.75, 3.05) is 48.0 Å². The lowest BCUT2D eigenvalue weighted by atomic mass is 9.94. The van der Waals surface area contributed by atoms with Crippen LogP contribution in [0.15, 0.2) is 35.9 Å². The van der Waals surface area contributed by atoms with E-state index in [0.29, 0.717) is 24.5 Å². The molecule has 0 saturated carbocycles. The normalized spacial score (nSPS) is 17.1. The minimum absolute atomic E-state index is 0.0300. The van der Waals surface area contributed by atoms with Crippen LogP contribution in [-0.4, -0.2) is 74.6 Å². The van der Waals surface area contributed by atoms with Crippen molar-refractivity contribution in [3.05, 3.63) is 57.1 Å². The summed E-state index contributed by atoms with van der Waals surface area (Å²) in [6, 6.07) is 7.68. The number of aliphatic hydroxyl groups is 1. The van der Waals surface area contributed by atoms with Crippen molar-refractivity contribution in [1.29, 1.82) is 0 Å². The van der Waals surface area contributed by atoms with E-state index in [1.165, 1.54) is 25.2 Å². The summed E-state index contributed by atoms with van der Waals surface area (Å²) in [6.45, 7) is 3.29. The average Bonchev–Trinajstić information content (AvgIpc) is 3.10. The summed E-state index contributed by atoms with van der Waals surface area (Å²) in [4.78, 5) is 29.9. The SMILES string of the molecule is CCCOc1cccc(C2/C(=C(\O)c3cc(Cl)c(OC)c(Cl)c3OC)C(=O)C(=O)N2CCN(C)C)c1. The summed E-state index contributed by atoms with van der Waals surface area (Å²) in [7, 11) is 6.51. The summed E-state index contributed by atoms with van der Waals surface area (Å²) in [5.74, 6) is -1.16. The Labute approximate surface area is 220 Å². The molecule has 0 spiro atoms. The number of methoxy groups -OCH3 is 2. The molecule has 1 unspecified atom stereocenters. The first-order valence-electron chi connectivity index (χ1n) is 11.4. The second-order valence-electron chi connectivity index (χ2n) is 8.50. The number of ketones is 1. The second kappa shape index (κ2) is 11.9. The molecule has 3 rings (SSSR count). The van der Waals surface area contributed by atoms with Gasteiger partial charge in [-0.15, -0.1) is 0 Å². The summed E-state index contributed by atoms with van der Waals surface area (Å²) in [5, 5.41) is 11.6. The predicted molar refractivity (Wildman–Crippen MR) is 139 cm³/mol. The van der Waals surface area contributed by atoms with Gasteiger partial charge in [0.2, 0.25) is 0 Å². The van der Waals surface area contributed by atoms with Crippen LogP contribution in [0.4, 0.5) is 0 Å². The maximum Gasteiger partial charge on any atom is 0.295 e. The van der Waals surface area contributed by atoms with E-state index < -0.39 is 23.5 Å². The van der Waals surface area contributed by atoms with Crippen LogP contribution in [-0.2, 0) is 9.59 Å². The number of rotatable bonds is 10. The topological polar surface area (TPSA) is 88.5 Å². The number of likely N-dealkylation sites (tertiary alicyclic amines) is 1. The first kappa shape index (κ1) is 27.6. The fraction of sp³-hybridized carbons (Fsp3) is 0.385. The smallest absolute Gasteiger partial charge is 0.295 e. The first-order chi connectivity index (χ1) is 17.2. The Kier molecular flexibility index (Phi) is 9.11. The molecule has 0 aliphatic carbocycles. The van der Waals surface area contributed by atoms with E-state index >= 15 is 0 Å². The molecular weight excluding hydrogens is 507 g/mol. The number of ether oxygens (including phenoxy) is 3. The molecule has 1 N–H and O–H groups in total. The van der Waals surface area contributed by atoms with E-state index in [0.717, 1.165) is 6.42 Å². The Hall–Kier alpha value is -2.94. The number of Topliss-reactive ketones (excluding diaryl/α,β-unsaturated/α-hetero) is 1. The van der Waals surface area contributed by atoms with Gasteiger partial charge < -0.3 is 29.1 Å². The molecule has 8 nitrogen and oxygen atoms in total. The molecule has 36 heavy (non-hydrogen) atoms. The van der Waals surface area contributed by atoms with Crippen LogP contribution in [0, 0.1) is 0 Å². The molecule has 1 aliphatic heterocycles. The number of carbonyl (C=O) groups is 2. The highest BCUT2D eigenvalue weighted by Crippen LogP contribution is 2.47. The van der Waals surface area contributed by atoms with Crippen LogP contribution in [0.2, 0.25) is 10.0 Å². The largest absolute Gasteiger partial charge is 0.507 e. The van der Waals surface area contributed by atoms with Gasteiger partial charge in [0.1, 0.15) is 16.5 Å². The highest BCUT2D eigenvalue weighted by atomic mass is 35.5. The molecule has 1 heterocycles. The van der Waals surface area contributed by atoms with Crippen molar-refractivity contribution in [1.82, 2.24) is 9.80 Å². The minimum Gasteiger partial charge on any atom is -0.507 e. The van der Waals surface area contributed by atoms with E-state index in [1.54, 1.807) is 24.3 Å². The van der Waals surface area contributed by atoms with Crippen molar-refractivity contribution in [2.24, 2.45) is 0 Å². The van der Waals surface area contributed by atoms with Crippen molar-refractivity contribution in [3.8, 4) is 17.2 Å². The zero-order chi connectivity index (χ0) is 26.6. The number of carbonyl (C=O) groups excluding carboxylic acids is 2. The van der Waals surface area contributed by atoms with Gasteiger partial charge in [0.15, 0.2) is 11.5 Å². The molecule has 10 heteroatoms. The minimum atomic E-state index is -0.862. The summed E-state index contributed by atoms with van der Waals surface area (Å²) in [5.41, 5.74) is 0.595. The Bertz CT molecular complexity index is 1180. The number of hydrogen-bond acceptors (Lipinski definition) is 7. The number of benzene rings is 2. The molecule has 1 fully saturated rings. The lowest BCUT2D eigenvalue weighted by Crippen LogP contribution is -2.35. The number of likely N-dealkylation sites (N-methyl/N-ethyl adjacent to an activating group) is 1. The van der Waals surface area contributed by atoms with Gasteiger partial charge in [0, 0.05) is 13.1 Å². The van der Waals surface area contributed by atoms with E-state index in [9.17, 15) is 14.7 Å². The zero-order valence-corrected chi connectivity index (χ0v) is 22.4. The molecule has 1 amide bonds.